The summed E-state index contributed by atoms with van der Waals surface area (Å²) in [6.07, 6.45) is 5.54. The molecule has 0 aliphatic rings. The molecule has 34 heavy (non-hydrogen) atoms. The second-order valence-electron chi connectivity index (χ2n) is 8.08. The molecule has 0 radical (unpaired) electrons. The molecule has 0 aliphatic carbocycles. The molecule has 3 aromatic rings. The van der Waals surface area contributed by atoms with Crippen LogP contribution in [0.25, 0.3) is 5.70 Å². The molecule has 180 valence electrons. The molecule has 0 amide bonds. The third kappa shape index (κ3) is 8.23. The number of rotatable bonds is 8. The molecule has 3 aromatic carbocycles. The van der Waals surface area contributed by atoms with E-state index in [1.165, 1.54) is 25.7 Å². The van der Waals surface area contributed by atoms with Crippen molar-refractivity contribution in [2.75, 3.05) is 5.73 Å². The highest BCUT2D eigenvalue weighted by Gasteiger charge is 2.12. The zero-order chi connectivity index (χ0) is 24.9. The Hall–Kier alpha value is -2.75. The Morgan fingerprint density at radius 1 is 0.853 bits per heavy atom. The number of halogens is 2. The molecule has 0 bridgehead atoms. The number of nitrogens with two attached hydrogens (primary N) is 1. The van der Waals surface area contributed by atoms with Crippen molar-refractivity contribution < 1.29 is 0 Å². The Labute approximate surface area is 214 Å². The van der Waals surface area contributed by atoms with Crippen molar-refractivity contribution in [1.82, 2.24) is 5.32 Å². The maximum Gasteiger partial charge on any atom is 0.135 e. The van der Waals surface area contributed by atoms with Crippen LogP contribution in [0.15, 0.2) is 78.3 Å². The summed E-state index contributed by atoms with van der Waals surface area (Å²) in [5.74, 6) is 0.613. The van der Waals surface area contributed by atoms with E-state index in [2.05, 4.69) is 25.7 Å². The van der Waals surface area contributed by atoms with Gasteiger partial charge in [0.05, 0.1) is 6.54 Å². The lowest BCUT2D eigenvalue weighted by Gasteiger charge is -2.16. The minimum absolute atomic E-state index is 0.316. The first-order chi connectivity index (χ1) is 16.4. The van der Waals surface area contributed by atoms with Gasteiger partial charge in [0.1, 0.15) is 5.84 Å². The van der Waals surface area contributed by atoms with Crippen LogP contribution in [0.1, 0.15) is 61.8 Å². The number of nitrogen functional groups attached to an aromatic ring is 1. The molecule has 5 heteroatoms. The van der Waals surface area contributed by atoms with E-state index in [1.54, 1.807) is 12.1 Å². The predicted molar refractivity (Wildman–Crippen MR) is 151 cm³/mol. The summed E-state index contributed by atoms with van der Waals surface area (Å²) in [4.78, 5) is 4.74. The van der Waals surface area contributed by atoms with Crippen molar-refractivity contribution in [2.24, 2.45) is 4.99 Å². The molecule has 0 unspecified atom stereocenters. The van der Waals surface area contributed by atoms with Gasteiger partial charge < -0.3 is 11.1 Å². The maximum atomic E-state index is 6.30. The van der Waals surface area contributed by atoms with Gasteiger partial charge in [0.25, 0.3) is 0 Å². The topological polar surface area (TPSA) is 50.4 Å². The summed E-state index contributed by atoms with van der Waals surface area (Å²) in [6, 6.07) is 21.0. The minimum Gasteiger partial charge on any atom is -0.398 e. The SMILES string of the molecule is C=C(NC(=NCc1c(Cl)cccc1Cl)c1ccccc1N)c1ccccc1C.CCCCCC. The lowest BCUT2D eigenvalue weighted by molar-refractivity contribution is 0.702. The summed E-state index contributed by atoms with van der Waals surface area (Å²) in [5.41, 5.74) is 11.2. The highest BCUT2D eigenvalue weighted by Crippen LogP contribution is 2.25. The van der Waals surface area contributed by atoms with E-state index >= 15 is 0 Å². The van der Waals surface area contributed by atoms with Gasteiger partial charge in [-0.25, -0.2) is 0 Å². The van der Waals surface area contributed by atoms with Gasteiger partial charge in [-0.05, 0) is 36.8 Å². The van der Waals surface area contributed by atoms with E-state index < -0.39 is 0 Å². The molecule has 0 heterocycles. The molecule has 0 aromatic heterocycles. The minimum atomic E-state index is 0.316. The zero-order valence-corrected chi connectivity index (χ0v) is 21.9. The van der Waals surface area contributed by atoms with Crippen LogP contribution in [0.5, 0.6) is 0 Å². The number of nitrogens with zero attached hydrogens (tertiary/aromatic N) is 1. The van der Waals surface area contributed by atoms with Crippen LogP contribution in [0, 0.1) is 6.92 Å². The first-order valence-electron chi connectivity index (χ1n) is 11.7. The third-order valence-corrected chi connectivity index (χ3v) is 6.08. The average Bonchev–Trinajstić information content (AvgIpc) is 2.82. The smallest absolute Gasteiger partial charge is 0.135 e. The highest BCUT2D eigenvalue weighted by molar-refractivity contribution is 6.36. The number of aliphatic imine (C=N–C) groups is 1. The van der Waals surface area contributed by atoms with Gasteiger partial charge in [0.15, 0.2) is 0 Å². The molecule has 0 atom stereocenters. The summed E-state index contributed by atoms with van der Waals surface area (Å²) in [5, 5.41) is 4.49. The van der Waals surface area contributed by atoms with Crippen molar-refractivity contribution in [2.45, 2.75) is 53.0 Å². The molecular formula is C29H35Cl2N3. The van der Waals surface area contributed by atoms with Crippen molar-refractivity contribution >= 4 is 40.4 Å². The fourth-order valence-corrected chi connectivity index (χ4v) is 3.88. The average molecular weight is 497 g/mol. The van der Waals surface area contributed by atoms with Crippen molar-refractivity contribution in [3.05, 3.63) is 106 Å². The molecule has 3 rings (SSSR count). The fraction of sp³-hybridized carbons (Fsp3) is 0.276. The molecule has 0 saturated heterocycles. The first kappa shape index (κ1) is 27.5. The van der Waals surface area contributed by atoms with E-state index in [4.69, 9.17) is 33.9 Å². The number of anilines is 1. The lowest BCUT2D eigenvalue weighted by atomic mass is 10.1. The fourth-order valence-electron chi connectivity index (χ4n) is 3.37. The van der Waals surface area contributed by atoms with E-state index in [9.17, 15) is 0 Å². The van der Waals surface area contributed by atoms with Crippen molar-refractivity contribution in [3.8, 4) is 0 Å². The molecule has 0 aliphatic heterocycles. The largest absolute Gasteiger partial charge is 0.398 e. The molecule has 0 saturated carbocycles. The van der Waals surface area contributed by atoms with Gasteiger partial charge in [-0.2, -0.15) is 0 Å². The van der Waals surface area contributed by atoms with Gasteiger partial charge in [-0.3, -0.25) is 4.99 Å². The second kappa shape index (κ2) is 14.5. The van der Waals surface area contributed by atoms with Crippen LogP contribution in [0.2, 0.25) is 10.0 Å². The van der Waals surface area contributed by atoms with Gasteiger partial charge in [0.2, 0.25) is 0 Å². The van der Waals surface area contributed by atoms with Crippen LogP contribution in [0.4, 0.5) is 5.69 Å². The quantitative estimate of drug-likeness (QED) is 0.142. The molecule has 0 fully saturated rings. The lowest BCUT2D eigenvalue weighted by Crippen LogP contribution is -2.24. The van der Waals surface area contributed by atoms with E-state index in [0.29, 0.717) is 28.1 Å². The van der Waals surface area contributed by atoms with Crippen LogP contribution >= 0.6 is 23.2 Å². The summed E-state index contributed by atoms with van der Waals surface area (Å²) < 4.78 is 0. The first-order valence-corrected chi connectivity index (χ1v) is 12.5. The van der Waals surface area contributed by atoms with E-state index in [1.807, 2.05) is 61.5 Å². The standard InChI is InChI=1S/C23H21Cl2N3.C6H14/c1-15-8-3-4-9-17(15)16(2)28-23(18-10-5-6-13-22(18)26)27-14-19-20(24)11-7-12-21(19)25;1-3-5-6-4-2/h3-13H,2,14,26H2,1H3,(H,27,28);3-6H2,1-2H3. The normalized spacial score (nSPS) is 10.9. The van der Waals surface area contributed by atoms with E-state index in [-0.39, 0.29) is 0 Å². The number of hydrogen-bond donors (Lipinski definition) is 2. The second-order valence-corrected chi connectivity index (χ2v) is 8.89. The Bertz CT molecular complexity index is 1080. The molecule has 3 N–H and O–H groups in total. The van der Waals surface area contributed by atoms with Gasteiger partial charge in [-0.1, -0.05) is 112 Å². The number of unbranched alkanes of at least 4 members (excludes halogenated alkanes) is 3. The molecule has 3 nitrogen and oxygen atoms in total. The Morgan fingerprint density at radius 2 is 1.41 bits per heavy atom. The molecular weight excluding hydrogens is 461 g/mol. The van der Waals surface area contributed by atoms with Gasteiger partial charge in [-0.15, -0.1) is 0 Å². The third-order valence-electron chi connectivity index (χ3n) is 5.37. The maximum absolute atomic E-state index is 6.30. The van der Waals surface area contributed by atoms with Crippen molar-refractivity contribution in [1.29, 1.82) is 0 Å². The summed E-state index contributed by atoms with van der Waals surface area (Å²) >= 11 is 12.6. The Morgan fingerprint density at radius 3 is 1.97 bits per heavy atom. The zero-order valence-electron chi connectivity index (χ0n) is 20.4. The van der Waals surface area contributed by atoms with Crippen LogP contribution in [-0.2, 0) is 6.54 Å². The van der Waals surface area contributed by atoms with Crippen LogP contribution in [-0.4, -0.2) is 5.84 Å². The molecule has 0 spiro atoms. The predicted octanol–water partition coefficient (Wildman–Crippen LogP) is 8.68. The van der Waals surface area contributed by atoms with Crippen molar-refractivity contribution in [3.63, 3.8) is 0 Å². The Kier molecular flexibility index (Phi) is 11.7. The summed E-state index contributed by atoms with van der Waals surface area (Å²) in [7, 11) is 0. The van der Waals surface area contributed by atoms with Crippen LogP contribution < -0.4 is 11.1 Å². The number of hydrogen-bond acceptors (Lipinski definition) is 2. The highest BCUT2D eigenvalue weighted by atomic mass is 35.5. The number of aryl methyl sites for hydroxylation is 1. The van der Waals surface area contributed by atoms with Gasteiger partial charge >= 0.3 is 0 Å². The number of amidine groups is 1. The monoisotopic (exact) mass is 495 g/mol. The Balaban J connectivity index is 0.000000604. The number of nitrogens with one attached hydrogen (secondary N) is 1. The van der Waals surface area contributed by atoms with Gasteiger partial charge in [0, 0.05) is 38.1 Å². The number of para-hydroxylation sites is 1. The summed E-state index contributed by atoms with van der Waals surface area (Å²) in [6.45, 7) is 11.0. The van der Waals surface area contributed by atoms with Crippen LogP contribution in [0.3, 0.4) is 0 Å². The van der Waals surface area contributed by atoms with E-state index in [0.717, 1.165) is 28.0 Å². The number of benzene rings is 3.